The van der Waals surface area contributed by atoms with Crippen LogP contribution in [0.2, 0.25) is 0 Å². The fourth-order valence-corrected chi connectivity index (χ4v) is 3.68. The molecule has 0 spiro atoms. The van der Waals surface area contributed by atoms with Gasteiger partial charge in [0.25, 0.3) is 11.8 Å². The number of hydrogen-bond donors (Lipinski definition) is 1. The lowest BCUT2D eigenvalue weighted by molar-refractivity contribution is -0.121. The zero-order valence-electron chi connectivity index (χ0n) is 19.3. The van der Waals surface area contributed by atoms with Gasteiger partial charge in [-0.05, 0) is 53.8 Å². The number of fused-ring (bicyclic) bond motifs is 1. The Balaban J connectivity index is 1.45. The summed E-state index contributed by atoms with van der Waals surface area (Å²) in [6.07, 6.45) is 3.33. The van der Waals surface area contributed by atoms with Gasteiger partial charge in [0.1, 0.15) is 11.5 Å². The Morgan fingerprint density at radius 3 is 2.79 bits per heavy atom. The number of furan rings is 1. The van der Waals surface area contributed by atoms with E-state index >= 15 is 0 Å². The van der Waals surface area contributed by atoms with E-state index < -0.39 is 0 Å². The lowest BCUT2D eigenvalue weighted by atomic mass is 9.82. The first-order valence-corrected chi connectivity index (χ1v) is 11.2. The number of pyridine rings is 1. The SMILES string of the molecule is CCC(C)(C)c1ccc2c(c1)N(Cc1ccc(C(=O)NCCc3ccccn3)o1)C(=O)CO2. The summed E-state index contributed by atoms with van der Waals surface area (Å²) in [7, 11) is 0. The van der Waals surface area contributed by atoms with Crippen LogP contribution < -0.4 is 15.0 Å². The third-order valence-electron chi connectivity index (χ3n) is 6.16. The minimum absolute atomic E-state index is 0.0214. The second-order valence-corrected chi connectivity index (χ2v) is 8.78. The predicted molar refractivity (Wildman–Crippen MR) is 125 cm³/mol. The molecule has 0 radical (unpaired) electrons. The van der Waals surface area contributed by atoms with Gasteiger partial charge in [0, 0.05) is 24.9 Å². The van der Waals surface area contributed by atoms with Crippen LogP contribution in [0.4, 0.5) is 5.69 Å². The Labute approximate surface area is 193 Å². The number of nitrogens with one attached hydrogen (secondary N) is 1. The molecule has 0 unspecified atom stereocenters. The van der Waals surface area contributed by atoms with Gasteiger partial charge in [0.2, 0.25) is 0 Å². The quantitative estimate of drug-likeness (QED) is 0.558. The number of anilines is 1. The Morgan fingerprint density at radius 2 is 2.03 bits per heavy atom. The second kappa shape index (κ2) is 9.48. The molecule has 0 aliphatic carbocycles. The molecule has 0 saturated carbocycles. The van der Waals surface area contributed by atoms with Crippen LogP contribution in [0.15, 0.2) is 59.1 Å². The molecule has 0 bridgehead atoms. The van der Waals surface area contributed by atoms with Gasteiger partial charge in [-0.2, -0.15) is 0 Å². The number of nitrogens with zero attached hydrogens (tertiary/aromatic N) is 2. The Hall–Kier alpha value is -3.61. The van der Waals surface area contributed by atoms with E-state index in [1.54, 1.807) is 23.2 Å². The fourth-order valence-electron chi connectivity index (χ4n) is 3.68. The van der Waals surface area contributed by atoms with Crippen LogP contribution in [0.5, 0.6) is 5.75 Å². The highest BCUT2D eigenvalue weighted by molar-refractivity contribution is 5.98. The van der Waals surface area contributed by atoms with Gasteiger partial charge in [-0.15, -0.1) is 0 Å². The molecule has 1 N–H and O–H groups in total. The van der Waals surface area contributed by atoms with E-state index in [0.717, 1.165) is 23.4 Å². The lowest BCUT2D eigenvalue weighted by Gasteiger charge is -2.31. The minimum Gasteiger partial charge on any atom is -0.482 e. The molecule has 33 heavy (non-hydrogen) atoms. The largest absolute Gasteiger partial charge is 0.482 e. The Morgan fingerprint density at radius 1 is 1.18 bits per heavy atom. The van der Waals surface area contributed by atoms with Gasteiger partial charge in [-0.1, -0.05) is 32.9 Å². The second-order valence-electron chi connectivity index (χ2n) is 8.78. The average molecular weight is 448 g/mol. The molecule has 3 aromatic rings. The van der Waals surface area contributed by atoms with Gasteiger partial charge in [0.15, 0.2) is 12.4 Å². The molecule has 2 aromatic heterocycles. The summed E-state index contributed by atoms with van der Waals surface area (Å²) in [6.45, 7) is 7.16. The van der Waals surface area contributed by atoms with E-state index in [9.17, 15) is 9.59 Å². The monoisotopic (exact) mass is 447 g/mol. The highest BCUT2D eigenvalue weighted by atomic mass is 16.5. The molecule has 172 valence electrons. The summed E-state index contributed by atoms with van der Waals surface area (Å²) >= 11 is 0. The minimum atomic E-state index is -0.294. The molecule has 7 nitrogen and oxygen atoms in total. The summed E-state index contributed by atoms with van der Waals surface area (Å²) in [6, 6.07) is 15.0. The molecular weight excluding hydrogens is 418 g/mol. The molecule has 2 amide bonds. The smallest absolute Gasteiger partial charge is 0.287 e. The fraction of sp³-hybridized carbons (Fsp3) is 0.346. The number of ether oxygens (including phenoxy) is 1. The first-order valence-electron chi connectivity index (χ1n) is 11.2. The van der Waals surface area contributed by atoms with E-state index in [4.69, 9.17) is 9.15 Å². The first kappa shape index (κ1) is 22.6. The summed E-state index contributed by atoms with van der Waals surface area (Å²) in [4.78, 5) is 31.1. The Bertz CT molecular complexity index is 1140. The maximum atomic E-state index is 12.7. The number of carbonyl (C=O) groups is 2. The maximum absolute atomic E-state index is 12.7. The van der Waals surface area contributed by atoms with Crippen molar-refractivity contribution in [3.8, 4) is 5.75 Å². The summed E-state index contributed by atoms with van der Waals surface area (Å²) in [5.41, 5.74) is 2.75. The number of aromatic nitrogens is 1. The van der Waals surface area contributed by atoms with Gasteiger partial charge in [-0.25, -0.2) is 0 Å². The molecule has 7 heteroatoms. The number of rotatable bonds is 8. The average Bonchev–Trinajstić information content (AvgIpc) is 3.30. The van der Waals surface area contributed by atoms with Crippen LogP contribution in [0, 0.1) is 0 Å². The third kappa shape index (κ3) is 5.08. The number of benzene rings is 1. The van der Waals surface area contributed by atoms with Crippen LogP contribution in [-0.4, -0.2) is 29.9 Å². The molecule has 3 heterocycles. The van der Waals surface area contributed by atoms with Crippen LogP contribution in [0.25, 0.3) is 0 Å². The highest BCUT2D eigenvalue weighted by Crippen LogP contribution is 2.38. The van der Waals surface area contributed by atoms with Crippen molar-refractivity contribution in [3.63, 3.8) is 0 Å². The van der Waals surface area contributed by atoms with E-state index in [1.807, 2.05) is 30.3 Å². The predicted octanol–water partition coefficient (Wildman–Crippen LogP) is 4.26. The molecular formula is C26H29N3O4. The molecule has 4 rings (SSSR count). The van der Waals surface area contributed by atoms with Crippen LogP contribution in [-0.2, 0) is 23.2 Å². The standard InChI is InChI=1S/C26H29N3O4/c1-4-26(2,3)18-8-10-22-21(15-18)29(24(30)17-32-22)16-20-9-11-23(33-20)25(31)28-14-12-19-7-5-6-13-27-19/h5-11,13,15H,4,12,14,16-17H2,1-3H3,(H,28,31). The van der Waals surface area contributed by atoms with Crippen molar-refractivity contribution < 1.29 is 18.7 Å². The van der Waals surface area contributed by atoms with Gasteiger partial charge < -0.3 is 14.5 Å². The van der Waals surface area contributed by atoms with E-state index in [1.165, 1.54) is 0 Å². The van der Waals surface area contributed by atoms with Gasteiger partial charge in [-0.3, -0.25) is 19.5 Å². The van der Waals surface area contributed by atoms with Crippen LogP contribution in [0.3, 0.4) is 0 Å². The van der Waals surface area contributed by atoms with Crippen LogP contribution >= 0.6 is 0 Å². The van der Waals surface area contributed by atoms with Crippen molar-refractivity contribution in [3.05, 3.63) is 77.5 Å². The lowest BCUT2D eigenvalue weighted by Crippen LogP contribution is -2.38. The number of hydrogen-bond acceptors (Lipinski definition) is 5. The summed E-state index contributed by atoms with van der Waals surface area (Å²) in [5, 5.41) is 2.85. The molecule has 0 saturated heterocycles. The zero-order chi connectivity index (χ0) is 23.4. The van der Waals surface area contributed by atoms with Gasteiger partial charge in [0.05, 0.1) is 12.2 Å². The maximum Gasteiger partial charge on any atom is 0.287 e. The first-order chi connectivity index (χ1) is 15.9. The topological polar surface area (TPSA) is 84.7 Å². The highest BCUT2D eigenvalue weighted by Gasteiger charge is 2.29. The molecule has 1 aliphatic heterocycles. The number of carbonyl (C=O) groups excluding carboxylic acids is 2. The molecule has 1 aromatic carbocycles. The molecule has 1 aliphatic rings. The normalized spacial score (nSPS) is 13.4. The van der Waals surface area contributed by atoms with Crippen LogP contribution in [0.1, 0.15) is 54.8 Å². The molecule has 0 fully saturated rings. The summed E-state index contributed by atoms with van der Waals surface area (Å²) in [5.74, 6) is 0.980. The number of amides is 2. The van der Waals surface area contributed by atoms with Crippen molar-refractivity contribution in [1.82, 2.24) is 10.3 Å². The van der Waals surface area contributed by atoms with Crippen molar-refractivity contribution >= 4 is 17.5 Å². The van der Waals surface area contributed by atoms with E-state index in [2.05, 4.69) is 37.1 Å². The van der Waals surface area contributed by atoms with E-state index in [-0.39, 0.29) is 36.1 Å². The van der Waals surface area contributed by atoms with Crippen molar-refractivity contribution in [1.29, 1.82) is 0 Å². The van der Waals surface area contributed by atoms with Crippen molar-refractivity contribution in [2.24, 2.45) is 0 Å². The van der Waals surface area contributed by atoms with Gasteiger partial charge >= 0.3 is 0 Å². The van der Waals surface area contributed by atoms with Crippen molar-refractivity contribution in [2.45, 2.75) is 45.6 Å². The summed E-state index contributed by atoms with van der Waals surface area (Å²) < 4.78 is 11.4. The van der Waals surface area contributed by atoms with Crippen molar-refractivity contribution in [2.75, 3.05) is 18.1 Å². The van der Waals surface area contributed by atoms with E-state index in [0.29, 0.717) is 24.5 Å². The third-order valence-corrected chi connectivity index (χ3v) is 6.16. The zero-order valence-corrected chi connectivity index (χ0v) is 19.3. The Kier molecular flexibility index (Phi) is 6.49. The molecule has 0 atom stereocenters.